The molecule has 0 aliphatic rings. The van der Waals surface area contributed by atoms with Gasteiger partial charge in [0.25, 0.3) is 11.6 Å². The van der Waals surface area contributed by atoms with Crippen LogP contribution in [0.15, 0.2) is 61.2 Å². The molecule has 0 saturated carbocycles. The lowest BCUT2D eigenvalue weighted by atomic mass is 10.1. The zero-order valence-corrected chi connectivity index (χ0v) is 20.4. The van der Waals surface area contributed by atoms with Gasteiger partial charge in [-0.1, -0.05) is 17.4 Å². The number of halogens is 1. The number of imidazole rings is 1. The predicted octanol–water partition coefficient (Wildman–Crippen LogP) is 5.58. The molecular formula is C24H24ClN5O3S. The van der Waals surface area contributed by atoms with E-state index < -0.39 is 4.92 Å². The fraction of sp³-hybridized carbons (Fsp3) is 0.208. The first-order valence-electron chi connectivity index (χ1n) is 10.5. The number of fused-ring (bicyclic) bond motifs is 1. The number of hydrogen-bond donors (Lipinski definition) is 0. The minimum atomic E-state index is -0.447. The van der Waals surface area contributed by atoms with E-state index in [4.69, 9.17) is 4.98 Å². The fourth-order valence-electron chi connectivity index (χ4n) is 3.58. The van der Waals surface area contributed by atoms with Crippen molar-refractivity contribution < 1.29 is 9.72 Å². The first-order valence-corrected chi connectivity index (χ1v) is 11.3. The van der Waals surface area contributed by atoms with Crippen LogP contribution in [0.2, 0.25) is 0 Å². The normalized spacial score (nSPS) is 11.0. The maximum absolute atomic E-state index is 13.2. The Hall–Kier alpha value is -3.56. The average Bonchev–Trinajstić information content (AvgIpc) is 3.45. The van der Waals surface area contributed by atoms with Crippen LogP contribution >= 0.6 is 23.7 Å². The smallest absolute Gasteiger partial charge is 0.269 e. The van der Waals surface area contributed by atoms with Gasteiger partial charge in [0.1, 0.15) is 0 Å². The summed E-state index contributed by atoms with van der Waals surface area (Å²) in [5.41, 5.74) is 3.89. The molecule has 10 heteroatoms. The standard InChI is InChI=1S/C24H23N5O3S.ClH/c1-17-14-18(2)23-21(15-17)26-24(33-23)28(12-3-11-27-13-10-25-16-27)22(30)9-6-19-4-7-20(8-5-19)29(31)32;/h4-10,13-16H,3,11-12H2,1-2H3;1H/b9-6+;. The summed E-state index contributed by atoms with van der Waals surface area (Å²) in [5.74, 6) is -0.188. The third-order valence-corrected chi connectivity index (χ3v) is 6.41. The van der Waals surface area contributed by atoms with Crippen molar-refractivity contribution in [3.63, 3.8) is 0 Å². The molecule has 0 unspecified atom stereocenters. The van der Waals surface area contributed by atoms with Gasteiger partial charge in [-0.3, -0.25) is 19.8 Å². The highest BCUT2D eigenvalue weighted by molar-refractivity contribution is 7.22. The third kappa shape index (κ3) is 5.86. The van der Waals surface area contributed by atoms with Gasteiger partial charge in [-0.25, -0.2) is 9.97 Å². The molecule has 0 saturated heterocycles. The number of non-ortho nitro benzene ring substituents is 1. The second kappa shape index (κ2) is 11.0. The summed E-state index contributed by atoms with van der Waals surface area (Å²) in [6.45, 7) is 5.32. The number of nitro benzene ring substituents is 1. The monoisotopic (exact) mass is 497 g/mol. The van der Waals surface area contributed by atoms with E-state index in [0.717, 1.165) is 34.3 Å². The Morgan fingerprint density at radius 3 is 2.68 bits per heavy atom. The minimum absolute atomic E-state index is 0. The van der Waals surface area contributed by atoms with Crippen LogP contribution in [0.1, 0.15) is 23.1 Å². The number of thiazole rings is 1. The maximum Gasteiger partial charge on any atom is 0.269 e. The van der Waals surface area contributed by atoms with Crippen LogP contribution in [-0.2, 0) is 11.3 Å². The molecule has 2 aromatic heterocycles. The molecule has 34 heavy (non-hydrogen) atoms. The van der Waals surface area contributed by atoms with Crippen molar-refractivity contribution in [3.8, 4) is 0 Å². The highest BCUT2D eigenvalue weighted by Crippen LogP contribution is 2.32. The molecule has 4 aromatic rings. The number of carbonyl (C=O) groups is 1. The van der Waals surface area contributed by atoms with Crippen LogP contribution in [0.5, 0.6) is 0 Å². The molecule has 0 aliphatic heterocycles. The third-order valence-electron chi connectivity index (χ3n) is 5.19. The lowest BCUT2D eigenvalue weighted by Crippen LogP contribution is -2.30. The molecule has 0 spiro atoms. The fourth-order valence-corrected chi connectivity index (χ4v) is 4.62. The molecule has 0 bridgehead atoms. The molecule has 0 N–H and O–H groups in total. The molecule has 2 heterocycles. The molecule has 0 aliphatic carbocycles. The summed E-state index contributed by atoms with van der Waals surface area (Å²) in [4.78, 5) is 34.1. The molecular weight excluding hydrogens is 474 g/mol. The van der Waals surface area contributed by atoms with Crippen LogP contribution in [0, 0.1) is 24.0 Å². The Bertz CT molecular complexity index is 1320. The highest BCUT2D eigenvalue weighted by atomic mass is 35.5. The van der Waals surface area contributed by atoms with E-state index in [2.05, 4.69) is 18.0 Å². The van der Waals surface area contributed by atoms with Crippen LogP contribution < -0.4 is 4.90 Å². The number of hydrogen-bond acceptors (Lipinski definition) is 6. The molecule has 2 aromatic carbocycles. The predicted molar refractivity (Wildman–Crippen MR) is 138 cm³/mol. The molecule has 0 fully saturated rings. The van der Waals surface area contributed by atoms with Crippen LogP contribution in [0.4, 0.5) is 10.8 Å². The summed E-state index contributed by atoms with van der Waals surface area (Å²) in [6, 6.07) is 10.2. The SMILES string of the molecule is Cc1cc(C)c2sc(N(CCCn3ccnc3)C(=O)/C=C/c3ccc([N+](=O)[O-])cc3)nc2c1.Cl. The zero-order valence-electron chi connectivity index (χ0n) is 18.7. The second-order valence-corrected chi connectivity index (χ2v) is 8.73. The molecule has 1 amide bonds. The van der Waals surface area contributed by atoms with Crippen molar-refractivity contribution >= 4 is 56.8 Å². The van der Waals surface area contributed by atoms with Crippen molar-refractivity contribution in [3.05, 3.63) is 88.0 Å². The van der Waals surface area contributed by atoms with E-state index in [9.17, 15) is 14.9 Å². The quantitative estimate of drug-likeness (QED) is 0.180. The van der Waals surface area contributed by atoms with Crippen molar-refractivity contribution in [1.29, 1.82) is 0 Å². The Morgan fingerprint density at radius 2 is 2.00 bits per heavy atom. The minimum Gasteiger partial charge on any atom is -0.337 e. The molecule has 0 radical (unpaired) electrons. The summed E-state index contributed by atoms with van der Waals surface area (Å²) in [7, 11) is 0. The van der Waals surface area contributed by atoms with Crippen molar-refractivity contribution in [2.75, 3.05) is 11.4 Å². The lowest BCUT2D eigenvalue weighted by Gasteiger charge is -2.18. The summed E-state index contributed by atoms with van der Waals surface area (Å²) < 4.78 is 3.05. The summed E-state index contributed by atoms with van der Waals surface area (Å²) in [5, 5.41) is 11.5. The number of amides is 1. The van der Waals surface area contributed by atoms with Crippen LogP contribution in [0.3, 0.4) is 0 Å². The molecule has 0 atom stereocenters. The van der Waals surface area contributed by atoms with E-state index in [1.54, 1.807) is 35.6 Å². The average molecular weight is 498 g/mol. The van der Waals surface area contributed by atoms with Crippen molar-refractivity contribution in [2.24, 2.45) is 0 Å². The van der Waals surface area contributed by atoms with E-state index in [0.29, 0.717) is 17.2 Å². The van der Waals surface area contributed by atoms with Gasteiger partial charge < -0.3 is 4.57 Å². The van der Waals surface area contributed by atoms with Gasteiger partial charge in [-0.2, -0.15) is 0 Å². The summed E-state index contributed by atoms with van der Waals surface area (Å²) in [6.07, 6.45) is 9.27. The zero-order chi connectivity index (χ0) is 23.4. The number of anilines is 1. The Kier molecular flexibility index (Phi) is 8.14. The number of benzene rings is 2. The van der Waals surface area contributed by atoms with Gasteiger partial charge in [0.05, 0.1) is 21.5 Å². The van der Waals surface area contributed by atoms with Crippen molar-refractivity contribution in [2.45, 2.75) is 26.8 Å². The number of nitrogens with zero attached hydrogens (tertiary/aromatic N) is 5. The van der Waals surface area contributed by atoms with Crippen molar-refractivity contribution in [1.82, 2.24) is 14.5 Å². The van der Waals surface area contributed by atoms with E-state index in [-0.39, 0.29) is 24.0 Å². The van der Waals surface area contributed by atoms with Gasteiger partial charge in [-0.05, 0) is 61.2 Å². The Labute approximate surface area is 207 Å². The molecule has 4 rings (SSSR count). The first kappa shape index (κ1) is 25.1. The number of carbonyl (C=O) groups excluding carboxylic acids is 1. The van der Waals surface area contributed by atoms with Gasteiger partial charge in [0.15, 0.2) is 5.13 Å². The topological polar surface area (TPSA) is 94.2 Å². The van der Waals surface area contributed by atoms with E-state index in [1.165, 1.54) is 29.5 Å². The number of aromatic nitrogens is 3. The summed E-state index contributed by atoms with van der Waals surface area (Å²) >= 11 is 1.51. The van der Waals surface area contributed by atoms with Crippen LogP contribution in [0.25, 0.3) is 16.3 Å². The number of nitro groups is 1. The Morgan fingerprint density at radius 1 is 1.24 bits per heavy atom. The van der Waals surface area contributed by atoms with Gasteiger partial charge in [-0.15, -0.1) is 12.4 Å². The van der Waals surface area contributed by atoms with E-state index in [1.807, 2.05) is 23.8 Å². The maximum atomic E-state index is 13.2. The highest BCUT2D eigenvalue weighted by Gasteiger charge is 2.18. The van der Waals surface area contributed by atoms with Gasteiger partial charge in [0, 0.05) is 43.7 Å². The largest absolute Gasteiger partial charge is 0.337 e. The van der Waals surface area contributed by atoms with Gasteiger partial charge in [0.2, 0.25) is 0 Å². The Balaban J connectivity index is 0.00000324. The first-order chi connectivity index (χ1) is 15.9. The van der Waals surface area contributed by atoms with E-state index >= 15 is 0 Å². The number of aryl methyl sites for hydroxylation is 3. The molecule has 8 nitrogen and oxygen atoms in total. The molecule has 176 valence electrons. The second-order valence-electron chi connectivity index (χ2n) is 7.75. The number of rotatable bonds is 8. The van der Waals surface area contributed by atoms with Gasteiger partial charge >= 0.3 is 0 Å². The van der Waals surface area contributed by atoms with Crippen LogP contribution in [-0.4, -0.2) is 31.9 Å². The lowest BCUT2D eigenvalue weighted by molar-refractivity contribution is -0.384.